The van der Waals surface area contributed by atoms with Crippen LogP contribution < -0.4 is 5.32 Å². The molecule has 1 N–H and O–H groups in total. The van der Waals surface area contributed by atoms with Crippen LogP contribution in [0.25, 0.3) is 0 Å². The summed E-state index contributed by atoms with van der Waals surface area (Å²) in [5.74, 6) is 0. The Labute approximate surface area is 148 Å². The lowest BCUT2D eigenvalue weighted by Gasteiger charge is -2.17. The lowest BCUT2D eigenvalue weighted by atomic mass is 10.2. The predicted octanol–water partition coefficient (Wildman–Crippen LogP) is 3.22. The molecular weight excluding hydrogens is 398 g/mol. The summed E-state index contributed by atoms with van der Waals surface area (Å²) in [6, 6.07) is 11.1. The Morgan fingerprint density at radius 3 is 2.38 bits per heavy atom. The van der Waals surface area contributed by atoms with E-state index in [0.29, 0.717) is 0 Å². The van der Waals surface area contributed by atoms with Gasteiger partial charge in [-0.3, -0.25) is 10.1 Å². The minimum atomic E-state index is -3.84. The standard InChI is InChI=1S/C15H16BrN3O4S/c1-17-14-8-7-13(9-15(14)19(20)21)24(22,23)18(2)10-11-3-5-12(16)6-4-11/h3-9,17H,10H2,1-2H3. The van der Waals surface area contributed by atoms with E-state index in [0.717, 1.165) is 20.4 Å². The van der Waals surface area contributed by atoms with Gasteiger partial charge in [-0.25, -0.2) is 8.42 Å². The number of nitro groups is 1. The number of benzene rings is 2. The number of nitro benzene ring substituents is 1. The first-order valence-corrected chi connectivity index (χ1v) is 9.16. The van der Waals surface area contributed by atoms with Crippen LogP contribution in [0.2, 0.25) is 0 Å². The molecule has 0 heterocycles. The van der Waals surface area contributed by atoms with Crippen molar-refractivity contribution in [1.29, 1.82) is 0 Å². The number of rotatable bonds is 6. The van der Waals surface area contributed by atoms with Gasteiger partial charge in [0, 0.05) is 31.2 Å². The van der Waals surface area contributed by atoms with Gasteiger partial charge in [-0.1, -0.05) is 28.1 Å². The zero-order valence-corrected chi connectivity index (χ0v) is 15.5. The topological polar surface area (TPSA) is 92.6 Å². The van der Waals surface area contributed by atoms with Crippen molar-refractivity contribution in [3.63, 3.8) is 0 Å². The number of nitrogens with zero attached hydrogens (tertiary/aromatic N) is 2. The number of sulfonamides is 1. The second-order valence-electron chi connectivity index (χ2n) is 5.07. The molecule has 0 fully saturated rings. The molecule has 0 aliphatic heterocycles. The van der Waals surface area contributed by atoms with E-state index in [-0.39, 0.29) is 22.8 Å². The molecule has 0 aromatic heterocycles. The van der Waals surface area contributed by atoms with Gasteiger partial charge in [0.05, 0.1) is 9.82 Å². The summed E-state index contributed by atoms with van der Waals surface area (Å²) < 4.78 is 27.4. The molecule has 24 heavy (non-hydrogen) atoms. The van der Waals surface area contributed by atoms with Crippen LogP contribution in [0.5, 0.6) is 0 Å². The number of hydrogen-bond acceptors (Lipinski definition) is 5. The Morgan fingerprint density at radius 2 is 1.83 bits per heavy atom. The molecule has 0 aliphatic rings. The predicted molar refractivity (Wildman–Crippen MR) is 95.4 cm³/mol. The zero-order valence-electron chi connectivity index (χ0n) is 13.1. The summed E-state index contributed by atoms with van der Waals surface area (Å²) in [5, 5.41) is 13.8. The minimum Gasteiger partial charge on any atom is -0.383 e. The van der Waals surface area contributed by atoms with Crippen LogP contribution in [0.1, 0.15) is 5.56 Å². The maximum Gasteiger partial charge on any atom is 0.293 e. The van der Waals surface area contributed by atoms with E-state index in [1.165, 1.54) is 26.2 Å². The molecule has 0 aliphatic carbocycles. The zero-order chi connectivity index (χ0) is 17.9. The van der Waals surface area contributed by atoms with E-state index >= 15 is 0 Å². The Balaban J connectivity index is 2.33. The number of anilines is 1. The Hall–Kier alpha value is -1.97. The largest absolute Gasteiger partial charge is 0.383 e. The molecule has 9 heteroatoms. The van der Waals surface area contributed by atoms with Crippen LogP contribution in [-0.4, -0.2) is 31.7 Å². The van der Waals surface area contributed by atoms with Crippen LogP contribution in [0.15, 0.2) is 51.8 Å². The molecule has 2 rings (SSSR count). The molecule has 0 atom stereocenters. The molecule has 0 saturated heterocycles. The van der Waals surface area contributed by atoms with Crippen LogP contribution in [-0.2, 0) is 16.6 Å². The van der Waals surface area contributed by atoms with E-state index in [4.69, 9.17) is 0 Å². The van der Waals surface area contributed by atoms with Crippen LogP contribution in [0.4, 0.5) is 11.4 Å². The van der Waals surface area contributed by atoms with Gasteiger partial charge in [0.2, 0.25) is 10.0 Å². The summed E-state index contributed by atoms with van der Waals surface area (Å²) in [6.07, 6.45) is 0. The monoisotopic (exact) mass is 413 g/mol. The molecule has 0 unspecified atom stereocenters. The van der Waals surface area contributed by atoms with Crippen molar-refractivity contribution in [3.8, 4) is 0 Å². The average molecular weight is 414 g/mol. The molecule has 2 aromatic rings. The first kappa shape index (κ1) is 18.4. The highest BCUT2D eigenvalue weighted by Gasteiger charge is 2.25. The van der Waals surface area contributed by atoms with Gasteiger partial charge in [-0.05, 0) is 29.8 Å². The van der Waals surface area contributed by atoms with Crippen molar-refractivity contribution in [1.82, 2.24) is 4.31 Å². The van der Waals surface area contributed by atoms with E-state index < -0.39 is 14.9 Å². The highest BCUT2D eigenvalue weighted by atomic mass is 79.9. The second kappa shape index (κ2) is 7.29. The Morgan fingerprint density at radius 1 is 1.21 bits per heavy atom. The second-order valence-corrected chi connectivity index (χ2v) is 8.03. The number of halogens is 1. The Kier molecular flexibility index (Phi) is 5.58. The van der Waals surface area contributed by atoms with Crippen molar-refractivity contribution in [3.05, 3.63) is 62.6 Å². The van der Waals surface area contributed by atoms with Crippen LogP contribution >= 0.6 is 15.9 Å². The first-order valence-electron chi connectivity index (χ1n) is 6.92. The molecule has 0 saturated carbocycles. The van der Waals surface area contributed by atoms with Gasteiger partial charge < -0.3 is 5.32 Å². The fraction of sp³-hybridized carbons (Fsp3) is 0.200. The van der Waals surface area contributed by atoms with Gasteiger partial charge in [0.1, 0.15) is 5.69 Å². The van der Waals surface area contributed by atoms with E-state index in [1.54, 1.807) is 0 Å². The van der Waals surface area contributed by atoms with E-state index in [2.05, 4.69) is 21.2 Å². The molecule has 7 nitrogen and oxygen atoms in total. The van der Waals surface area contributed by atoms with Crippen molar-refractivity contribution in [2.24, 2.45) is 0 Å². The minimum absolute atomic E-state index is 0.118. The fourth-order valence-electron chi connectivity index (χ4n) is 2.15. The fourth-order valence-corrected chi connectivity index (χ4v) is 3.59. The van der Waals surface area contributed by atoms with Gasteiger partial charge in [0.15, 0.2) is 0 Å². The van der Waals surface area contributed by atoms with Gasteiger partial charge in [0.25, 0.3) is 5.69 Å². The molecular formula is C15H16BrN3O4S. The molecule has 0 bridgehead atoms. The van der Waals surface area contributed by atoms with E-state index in [1.807, 2.05) is 24.3 Å². The maximum atomic E-state index is 12.7. The first-order chi connectivity index (χ1) is 11.3. The van der Waals surface area contributed by atoms with Gasteiger partial charge >= 0.3 is 0 Å². The van der Waals surface area contributed by atoms with Crippen LogP contribution in [0.3, 0.4) is 0 Å². The smallest absolute Gasteiger partial charge is 0.293 e. The third kappa shape index (κ3) is 3.92. The van der Waals surface area contributed by atoms with Crippen molar-refractivity contribution < 1.29 is 13.3 Å². The normalized spacial score (nSPS) is 11.5. The lowest BCUT2D eigenvalue weighted by Crippen LogP contribution is -2.26. The summed E-state index contributed by atoms with van der Waals surface area (Å²) >= 11 is 3.32. The third-order valence-corrected chi connectivity index (χ3v) is 5.79. The van der Waals surface area contributed by atoms with Crippen molar-refractivity contribution >= 4 is 37.3 Å². The molecule has 128 valence electrons. The SMILES string of the molecule is CNc1ccc(S(=O)(=O)N(C)Cc2ccc(Br)cc2)cc1[N+](=O)[O-]. The maximum absolute atomic E-state index is 12.7. The molecule has 0 spiro atoms. The summed E-state index contributed by atoms with van der Waals surface area (Å²) in [4.78, 5) is 10.4. The van der Waals surface area contributed by atoms with Crippen molar-refractivity contribution in [2.75, 3.05) is 19.4 Å². The van der Waals surface area contributed by atoms with Crippen molar-refractivity contribution in [2.45, 2.75) is 11.4 Å². The quantitative estimate of drug-likeness (QED) is 0.579. The van der Waals surface area contributed by atoms with Gasteiger partial charge in [-0.2, -0.15) is 4.31 Å². The highest BCUT2D eigenvalue weighted by molar-refractivity contribution is 9.10. The molecule has 0 radical (unpaired) electrons. The highest BCUT2D eigenvalue weighted by Crippen LogP contribution is 2.28. The number of nitrogens with one attached hydrogen (secondary N) is 1. The van der Waals surface area contributed by atoms with Gasteiger partial charge in [-0.15, -0.1) is 0 Å². The molecule has 2 aromatic carbocycles. The molecule has 0 amide bonds. The summed E-state index contributed by atoms with van der Waals surface area (Å²) in [5.41, 5.74) is 0.788. The third-order valence-electron chi connectivity index (χ3n) is 3.46. The summed E-state index contributed by atoms with van der Waals surface area (Å²) in [6.45, 7) is 0.164. The average Bonchev–Trinajstić information content (AvgIpc) is 2.56. The van der Waals surface area contributed by atoms with E-state index in [9.17, 15) is 18.5 Å². The van der Waals surface area contributed by atoms with Crippen LogP contribution in [0, 0.1) is 10.1 Å². The lowest BCUT2D eigenvalue weighted by molar-refractivity contribution is -0.384. The Bertz CT molecular complexity index is 854. The number of hydrogen-bond donors (Lipinski definition) is 1. The summed E-state index contributed by atoms with van der Waals surface area (Å²) in [7, 11) is -0.861.